The van der Waals surface area contributed by atoms with Gasteiger partial charge in [-0.05, 0) is 36.1 Å². The van der Waals surface area contributed by atoms with E-state index in [1.807, 2.05) is 48.5 Å². The van der Waals surface area contributed by atoms with Crippen molar-refractivity contribution in [2.75, 3.05) is 10.6 Å². The maximum Gasteiger partial charge on any atom is 0.323 e. The summed E-state index contributed by atoms with van der Waals surface area (Å²) in [4.78, 5) is 16.3. The molecule has 0 saturated carbocycles. The first kappa shape index (κ1) is 18.8. The van der Waals surface area contributed by atoms with Crippen molar-refractivity contribution in [3.63, 3.8) is 0 Å². The third-order valence-electron chi connectivity index (χ3n) is 5.24. The summed E-state index contributed by atoms with van der Waals surface area (Å²) in [7, 11) is 0. The van der Waals surface area contributed by atoms with E-state index in [0.717, 1.165) is 51.9 Å². The van der Waals surface area contributed by atoms with E-state index < -0.39 is 0 Å². The van der Waals surface area contributed by atoms with Gasteiger partial charge in [0.1, 0.15) is 0 Å². The van der Waals surface area contributed by atoms with Gasteiger partial charge in [0.15, 0.2) is 0 Å². The van der Waals surface area contributed by atoms with Gasteiger partial charge in [-0.25, -0.2) is 4.79 Å². The number of fused-ring (bicyclic) bond motifs is 1. The predicted molar refractivity (Wildman–Crippen MR) is 122 cm³/mol. The molecule has 4 rings (SSSR count). The Balaban J connectivity index is 1.69. The lowest BCUT2D eigenvalue weighted by Crippen LogP contribution is -2.20. The number of amides is 2. The molecule has 29 heavy (non-hydrogen) atoms. The number of nitrogens with one attached hydrogen (secondary N) is 3. The number of aromatic nitrogens is 1. The smallest absolute Gasteiger partial charge is 0.323 e. The number of hydrogen-bond donors (Lipinski definition) is 3. The van der Waals surface area contributed by atoms with Crippen LogP contribution in [0.3, 0.4) is 0 Å². The molecule has 0 aliphatic carbocycles. The molecule has 2 amide bonds. The summed E-state index contributed by atoms with van der Waals surface area (Å²) in [6.45, 7) is 4.22. The summed E-state index contributed by atoms with van der Waals surface area (Å²) in [5, 5.41) is 7.06. The van der Waals surface area contributed by atoms with Crippen molar-refractivity contribution in [1.29, 1.82) is 0 Å². The number of carbonyl (C=O) groups excluding carboxylic acids is 1. The quantitative estimate of drug-likeness (QED) is 0.357. The minimum Gasteiger partial charge on any atom is -0.353 e. The summed E-state index contributed by atoms with van der Waals surface area (Å²) >= 11 is 0. The minimum atomic E-state index is -0.248. The van der Waals surface area contributed by atoms with Crippen molar-refractivity contribution in [2.45, 2.75) is 26.7 Å². The van der Waals surface area contributed by atoms with Gasteiger partial charge in [0, 0.05) is 22.2 Å². The average Bonchev–Trinajstić information content (AvgIpc) is 3.12. The molecule has 0 unspecified atom stereocenters. The molecule has 4 aromatic rings. The summed E-state index contributed by atoms with van der Waals surface area (Å²) < 4.78 is 0. The topological polar surface area (TPSA) is 56.9 Å². The molecule has 146 valence electrons. The number of urea groups is 1. The third-order valence-corrected chi connectivity index (χ3v) is 5.24. The Morgan fingerprint density at radius 2 is 1.55 bits per heavy atom. The van der Waals surface area contributed by atoms with Gasteiger partial charge < -0.3 is 15.6 Å². The number of aromatic amines is 1. The summed E-state index contributed by atoms with van der Waals surface area (Å²) in [5.41, 5.74) is 6.96. The van der Waals surface area contributed by atoms with Crippen molar-refractivity contribution in [2.24, 2.45) is 0 Å². The molecule has 4 nitrogen and oxygen atoms in total. The molecule has 0 aliphatic heterocycles. The van der Waals surface area contributed by atoms with E-state index in [1.54, 1.807) is 0 Å². The lowest BCUT2D eigenvalue weighted by atomic mass is 10.1. The Hall–Kier alpha value is -3.53. The number of anilines is 2. The molecule has 0 aliphatic rings. The SMILES string of the molecule is CCc1ccc(-c2[nH]c3ccccc3c2NC(=O)Nc2ccccc2CC)cc1. The van der Waals surface area contributed by atoms with E-state index in [-0.39, 0.29) is 6.03 Å². The van der Waals surface area contributed by atoms with Crippen molar-refractivity contribution in [3.05, 3.63) is 83.9 Å². The van der Waals surface area contributed by atoms with Crippen LogP contribution in [0, 0.1) is 0 Å². The number of carbonyl (C=O) groups is 1. The highest BCUT2D eigenvalue weighted by molar-refractivity contribution is 6.10. The molecule has 1 heterocycles. The van der Waals surface area contributed by atoms with Gasteiger partial charge in [-0.1, -0.05) is 74.5 Å². The van der Waals surface area contributed by atoms with Gasteiger partial charge in [-0.3, -0.25) is 0 Å². The van der Waals surface area contributed by atoms with E-state index in [0.29, 0.717) is 0 Å². The van der Waals surface area contributed by atoms with Crippen molar-refractivity contribution < 1.29 is 4.79 Å². The molecule has 0 radical (unpaired) electrons. The number of H-pyrrole nitrogens is 1. The Morgan fingerprint density at radius 1 is 0.828 bits per heavy atom. The van der Waals surface area contributed by atoms with E-state index in [4.69, 9.17) is 0 Å². The Bertz CT molecular complexity index is 1140. The maximum atomic E-state index is 12.8. The average molecular weight is 383 g/mol. The van der Waals surface area contributed by atoms with Crippen LogP contribution >= 0.6 is 0 Å². The zero-order chi connectivity index (χ0) is 20.2. The van der Waals surface area contributed by atoms with Crippen LogP contribution in [0.4, 0.5) is 16.2 Å². The lowest BCUT2D eigenvalue weighted by Gasteiger charge is -2.12. The van der Waals surface area contributed by atoms with Crippen LogP contribution in [0.5, 0.6) is 0 Å². The first-order valence-electron chi connectivity index (χ1n) is 10.1. The number of rotatable bonds is 5. The largest absolute Gasteiger partial charge is 0.353 e. The Kier molecular flexibility index (Phi) is 5.34. The first-order chi connectivity index (χ1) is 14.2. The molecule has 0 atom stereocenters. The second-order valence-electron chi connectivity index (χ2n) is 7.06. The van der Waals surface area contributed by atoms with E-state index in [9.17, 15) is 4.79 Å². The Labute approximate surface area is 171 Å². The molecule has 0 saturated heterocycles. The number of aryl methyl sites for hydroxylation is 2. The summed E-state index contributed by atoms with van der Waals surface area (Å²) in [6.07, 6.45) is 1.86. The van der Waals surface area contributed by atoms with Crippen molar-refractivity contribution >= 4 is 28.3 Å². The van der Waals surface area contributed by atoms with Crippen LogP contribution < -0.4 is 10.6 Å². The van der Waals surface area contributed by atoms with E-state index in [1.165, 1.54) is 5.56 Å². The second kappa shape index (κ2) is 8.23. The lowest BCUT2D eigenvalue weighted by molar-refractivity contribution is 0.262. The predicted octanol–water partition coefficient (Wildman–Crippen LogP) is 6.60. The fourth-order valence-corrected chi connectivity index (χ4v) is 3.61. The molecule has 0 fully saturated rings. The van der Waals surface area contributed by atoms with Crippen molar-refractivity contribution in [1.82, 2.24) is 4.98 Å². The first-order valence-corrected chi connectivity index (χ1v) is 10.1. The maximum absolute atomic E-state index is 12.8. The van der Waals surface area contributed by atoms with Gasteiger partial charge in [-0.15, -0.1) is 0 Å². The highest BCUT2D eigenvalue weighted by Crippen LogP contribution is 2.35. The second-order valence-corrected chi connectivity index (χ2v) is 7.06. The molecule has 3 N–H and O–H groups in total. The molecule has 3 aromatic carbocycles. The van der Waals surface area contributed by atoms with Gasteiger partial charge in [0.25, 0.3) is 0 Å². The molecular weight excluding hydrogens is 358 g/mol. The molecule has 1 aromatic heterocycles. The molecule has 0 bridgehead atoms. The minimum absolute atomic E-state index is 0.248. The monoisotopic (exact) mass is 383 g/mol. The van der Waals surface area contributed by atoms with E-state index in [2.05, 4.69) is 53.7 Å². The van der Waals surface area contributed by atoms with Crippen molar-refractivity contribution in [3.8, 4) is 11.3 Å². The van der Waals surface area contributed by atoms with Crippen LogP contribution in [0.15, 0.2) is 72.8 Å². The van der Waals surface area contributed by atoms with Crippen LogP contribution in [-0.4, -0.2) is 11.0 Å². The zero-order valence-corrected chi connectivity index (χ0v) is 16.8. The summed E-state index contributed by atoms with van der Waals surface area (Å²) in [6, 6.07) is 24.1. The van der Waals surface area contributed by atoms with Gasteiger partial charge >= 0.3 is 6.03 Å². The molecule has 4 heteroatoms. The summed E-state index contributed by atoms with van der Waals surface area (Å²) in [5.74, 6) is 0. The molecular formula is C25H25N3O. The molecule has 0 spiro atoms. The van der Waals surface area contributed by atoms with Crippen LogP contribution in [0.2, 0.25) is 0 Å². The van der Waals surface area contributed by atoms with Crippen LogP contribution in [0.25, 0.3) is 22.2 Å². The highest BCUT2D eigenvalue weighted by Gasteiger charge is 2.16. The Morgan fingerprint density at radius 3 is 2.31 bits per heavy atom. The van der Waals surface area contributed by atoms with Crippen LogP contribution in [0.1, 0.15) is 25.0 Å². The normalized spacial score (nSPS) is 10.8. The van der Waals surface area contributed by atoms with E-state index >= 15 is 0 Å². The van der Waals surface area contributed by atoms with Gasteiger partial charge in [0.05, 0.1) is 11.4 Å². The number of benzene rings is 3. The fraction of sp³-hybridized carbons (Fsp3) is 0.160. The van der Waals surface area contributed by atoms with Crippen LogP contribution in [-0.2, 0) is 12.8 Å². The fourth-order valence-electron chi connectivity index (χ4n) is 3.61. The number of hydrogen-bond acceptors (Lipinski definition) is 1. The van der Waals surface area contributed by atoms with Gasteiger partial charge in [-0.2, -0.15) is 0 Å². The number of para-hydroxylation sites is 2. The third kappa shape index (κ3) is 3.87. The standard InChI is InChI=1S/C25H25N3O/c1-3-17-13-15-19(16-14-17)23-24(20-10-6-8-12-22(20)26-23)28-25(29)27-21-11-7-5-9-18(21)4-2/h5-16,26H,3-4H2,1-2H3,(H2,27,28,29). The highest BCUT2D eigenvalue weighted by atomic mass is 16.2. The van der Waals surface area contributed by atoms with Gasteiger partial charge in [0.2, 0.25) is 0 Å². The zero-order valence-electron chi connectivity index (χ0n) is 16.8.